The Morgan fingerprint density at radius 1 is 1.08 bits per heavy atom. The molecule has 2 heterocycles. The van der Waals surface area contributed by atoms with Crippen molar-refractivity contribution in [2.24, 2.45) is 0 Å². The molecule has 1 N–H and O–H groups in total. The zero-order valence-electron chi connectivity index (χ0n) is 14.9. The molecule has 0 amide bonds. The zero-order chi connectivity index (χ0) is 17.2. The van der Waals surface area contributed by atoms with Crippen LogP contribution in [0.15, 0.2) is 48.5 Å². The summed E-state index contributed by atoms with van der Waals surface area (Å²) in [5.41, 5.74) is 3.76. The molecule has 2 aromatic rings. The number of likely N-dealkylation sites (tertiary alicyclic amines) is 1. The monoisotopic (exact) mass is 338 g/mol. The predicted octanol–water partition coefficient (Wildman–Crippen LogP) is 4.99. The van der Waals surface area contributed by atoms with E-state index >= 15 is 0 Å². The summed E-state index contributed by atoms with van der Waals surface area (Å²) >= 11 is 0. The van der Waals surface area contributed by atoms with Gasteiger partial charge in [0.15, 0.2) is 0 Å². The minimum Gasteiger partial charge on any atom is -0.382 e. The largest absolute Gasteiger partial charge is 0.382 e. The lowest BCUT2D eigenvalue weighted by molar-refractivity contribution is 0.204. The molecule has 0 aromatic heterocycles. The van der Waals surface area contributed by atoms with E-state index < -0.39 is 0 Å². The lowest BCUT2D eigenvalue weighted by Gasteiger charge is -2.33. The van der Waals surface area contributed by atoms with Gasteiger partial charge in [-0.15, -0.1) is 0 Å². The van der Waals surface area contributed by atoms with Crippen molar-refractivity contribution in [1.29, 1.82) is 0 Å². The number of rotatable bonds is 4. The maximum absolute atomic E-state index is 13.6. The van der Waals surface area contributed by atoms with Crippen molar-refractivity contribution in [3.8, 4) is 0 Å². The number of halogens is 1. The number of nitrogens with one attached hydrogen (secondary N) is 1. The molecule has 0 saturated carbocycles. The van der Waals surface area contributed by atoms with Gasteiger partial charge in [0.25, 0.3) is 0 Å². The van der Waals surface area contributed by atoms with Gasteiger partial charge in [-0.05, 0) is 81.1 Å². The number of anilines is 1. The van der Waals surface area contributed by atoms with Crippen molar-refractivity contribution in [2.45, 2.75) is 44.1 Å². The first-order valence-electron chi connectivity index (χ1n) is 9.54. The quantitative estimate of drug-likeness (QED) is 0.844. The fraction of sp³-hybridized carbons (Fsp3) is 0.455. The topological polar surface area (TPSA) is 15.3 Å². The van der Waals surface area contributed by atoms with Gasteiger partial charge in [-0.2, -0.15) is 0 Å². The number of benzene rings is 2. The van der Waals surface area contributed by atoms with Crippen molar-refractivity contribution < 1.29 is 4.39 Å². The Morgan fingerprint density at radius 2 is 1.84 bits per heavy atom. The summed E-state index contributed by atoms with van der Waals surface area (Å²) in [6.07, 6.45) is 3.59. The Labute approximate surface area is 150 Å². The summed E-state index contributed by atoms with van der Waals surface area (Å²) in [5.74, 6) is 1.00. The van der Waals surface area contributed by atoms with Gasteiger partial charge in [-0.1, -0.05) is 30.3 Å². The Hall–Kier alpha value is -1.87. The van der Waals surface area contributed by atoms with Crippen LogP contribution in [0.25, 0.3) is 0 Å². The number of nitrogens with zero attached hydrogens (tertiary/aromatic N) is 1. The third-order valence-corrected chi connectivity index (χ3v) is 6.01. The van der Waals surface area contributed by atoms with Gasteiger partial charge >= 0.3 is 0 Å². The molecule has 2 aliphatic rings. The van der Waals surface area contributed by atoms with Crippen molar-refractivity contribution in [2.75, 3.05) is 25.0 Å². The second-order valence-corrected chi connectivity index (χ2v) is 7.59. The first kappa shape index (κ1) is 16.6. The molecule has 25 heavy (non-hydrogen) atoms. The number of fused-ring (bicyclic) bond motifs is 1. The summed E-state index contributed by atoms with van der Waals surface area (Å²) in [6, 6.07) is 16.4. The van der Waals surface area contributed by atoms with E-state index in [9.17, 15) is 4.39 Å². The third kappa shape index (κ3) is 3.57. The summed E-state index contributed by atoms with van der Waals surface area (Å²) < 4.78 is 13.6. The summed E-state index contributed by atoms with van der Waals surface area (Å²) in [4.78, 5) is 2.59. The summed E-state index contributed by atoms with van der Waals surface area (Å²) in [6.45, 7) is 5.66. The molecule has 2 nitrogen and oxygen atoms in total. The Kier molecular flexibility index (Phi) is 4.76. The maximum Gasteiger partial charge on any atom is 0.123 e. The minimum atomic E-state index is -0.122. The van der Waals surface area contributed by atoms with Gasteiger partial charge in [0.1, 0.15) is 5.82 Å². The predicted molar refractivity (Wildman–Crippen MR) is 102 cm³/mol. The lowest BCUT2D eigenvalue weighted by Crippen LogP contribution is -2.35. The minimum absolute atomic E-state index is 0.122. The number of piperidine rings is 1. The highest BCUT2D eigenvalue weighted by molar-refractivity contribution is 5.59. The van der Waals surface area contributed by atoms with Gasteiger partial charge in [0.2, 0.25) is 0 Å². The Morgan fingerprint density at radius 3 is 2.60 bits per heavy atom. The van der Waals surface area contributed by atoms with Crippen LogP contribution < -0.4 is 5.32 Å². The molecule has 0 bridgehead atoms. The standard InChI is InChI=1S/C22H27FN2/c1-16-20(21-15-19(23)7-8-22(21)24-16)11-14-25-12-9-18(10-13-25)17-5-3-2-4-6-17/h2-8,15-16,18,20,24H,9-14H2,1H3/t16-,20+/m1/s1. The van der Waals surface area contributed by atoms with E-state index in [2.05, 4.69) is 47.5 Å². The van der Waals surface area contributed by atoms with Crippen LogP contribution in [0.1, 0.15) is 49.1 Å². The SMILES string of the molecule is C[C@H]1Nc2ccc(F)cc2[C@H]1CCN1CCC(c2ccccc2)CC1. The fourth-order valence-corrected chi connectivity index (χ4v) is 4.53. The maximum atomic E-state index is 13.6. The molecular weight excluding hydrogens is 311 g/mol. The molecule has 2 aliphatic heterocycles. The van der Waals surface area contributed by atoms with Crippen LogP contribution in [0.2, 0.25) is 0 Å². The highest BCUT2D eigenvalue weighted by Crippen LogP contribution is 2.38. The Bertz CT molecular complexity index is 707. The molecular formula is C22H27FN2. The van der Waals surface area contributed by atoms with Crippen LogP contribution in [0.4, 0.5) is 10.1 Å². The van der Waals surface area contributed by atoms with Crippen LogP contribution in [-0.2, 0) is 0 Å². The van der Waals surface area contributed by atoms with Crippen molar-refractivity contribution in [3.05, 3.63) is 65.5 Å². The van der Waals surface area contributed by atoms with Gasteiger partial charge in [-0.25, -0.2) is 4.39 Å². The molecule has 0 unspecified atom stereocenters. The molecule has 0 spiro atoms. The number of hydrogen-bond acceptors (Lipinski definition) is 2. The summed E-state index contributed by atoms with van der Waals surface area (Å²) in [7, 11) is 0. The second kappa shape index (κ2) is 7.17. The fourth-order valence-electron chi connectivity index (χ4n) is 4.53. The van der Waals surface area contributed by atoms with Crippen LogP contribution >= 0.6 is 0 Å². The third-order valence-electron chi connectivity index (χ3n) is 6.01. The Balaban J connectivity index is 1.32. The van der Waals surface area contributed by atoms with E-state index in [-0.39, 0.29) is 5.82 Å². The van der Waals surface area contributed by atoms with E-state index in [0.29, 0.717) is 17.9 Å². The molecule has 0 aliphatic carbocycles. The van der Waals surface area contributed by atoms with E-state index in [4.69, 9.17) is 0 Å². The average Bonchev–Trinajstić information content (AvgIpc) is 2.96. The van der Waals surface area contributed by atoms with Gasteiger partial charge in [0, 0.05) is 17.6 Å². The summed E-state index contributed by atoms with van der Waals surface area (Å²) in [5, 5.41) is 3.51. The first-order chi connectivity index (χ1) is 12.2. The first-order valence-corrected chi connectivity index (χ1v) is 9.54. The van der Waals surface area contributed by atoms with Crippen LogP contribution in [0.5, 0.6) is 0 Å². The van der Waals surface area contributed by atoms with Gasteiger partial charge < -0.3 is 10.2 Å². The highest BCUT2D eigenvalue weighted by Gasteiger charge is 2.30. The highest BCUT2D eigenvalue weighted by atomic mass is 19.1. The van der Waals surface area contributed by atoms with Crippen molar-refractivity contribution in [3.63, 3.8) is 0 Å². The van der Waals surface area contributed by atoms with E-state index in [1.54, 1.807) is 12.1 Å². The molecule has 2 atom stereocenters. The smallest absolute Gasteiger partial charge is 0.123 e. The molecule has 132 valence electrons. The van der Waals surface area contributed by atoms with E-state index in [1.807, 2.05) is 6.07 Å². The zero-order valence-corrected chi connectivity index (χ0v) is 14.9. The van der Waals surface area contributed by atoms with E-state index in [0.717, 1.165) is 24.2 Å². The molecule has 4 rings (SSSR count). The number of hydrogen-bond donors (Lipinski definition) is 1. The molecule has 1 fully saturated rings. The molecule has 1 saturated heterocycles. The molecule has 2 aromatic carbocycles. The average molecular weight is 338 g/mol. The van der Waals surface area contributed by atoms with Crippen LogP contribution in [0.3, 0.4) is 0 Å². The molecule has 3 heteroatoms. The normalized spacial score (nSPS) is 24.1. The van der Waals surface area contributed by atoms with Crippen LogP contribution in [0, 0.1) is 5.82 Å². The van der Waals surface area contributed by atoms with Crippen molar-refractivity contribution >= 4 is 5.69 Å². The van der Waals surface area contributed by atoms with E-state index in [1.165, 1.54) is 31.5 Å². The van der Waals surface area contributed by atoms with Gasteiger partial charge in [-0.3, -0.25) is 0 Å². The molecule has 0 radical (unpaired) electrons. The lowest BCUT2D eigenvalue weighted by atomic mass is 9.88. The van der Waals surface area contributed by atoms with Crippen molar-refractivity contribution in [1.82, 2.24) is 4.90 Å². The van der Waals surface area contributed by atoms with Gasteiger partial charge in [0.05, 0.1) is 0 Å². The second-order valence-electron chi connectivity index (χ2n) is 7.59. The van der Waals surface area contributed by atoms with Crippen LogP contribution in [-0.4, -0.2) is 30.6 Å².